The van der Waals surface area contributed by atoms with Gasteiger partial charge >= 0.3 is 38.5 Å². The lowest BCUT2D eigenvalue weighted by Crippen LogP contribution is -2.45. The van der Waals surface area contributed by atoms with Crippen LogP contribution in [0.25, 0.3) is 0 Å². The second-order valence-electron chi connectivity index (χ2n) is 11.2. The number of carbonyl (C=O) groups is 2. The number of halogens is 5. The molecule has 0 spiro atoms. The molecule has 0 bridgehead atoms. The smallest absolute Gasteiger partial charge is 0.399 e. The van der Waals surface area contributed by atoms with Gasteiger partial charge in [0, 0.05) is 15.6 Å². The summed E-state index contributed by atoms with van der Waals surface area (Å²) in [6.45, 7) is -0.643. The highest BCUT2D eigenvalue weighted by Gasteiger charge is 2.53. The summed E-state index contributed by atoms with van der Waals surface area (Å²) in [6, 6.07) is 23.0. The molecule has 50 heavy (non-hydrogen) atoms. The van der Waals surface area contributed by atoms with Crippen molar-refractivity contribution < 1.29 is 65.3 Å². The third-order valence-electron chi connectivity index (χ3n) is 7.61. The number of ether oxygens (including phenoxy) is 2. The standard InChI is InChI=1S/C33H29BrF4O10P2/c34-28-17-25(13-16-27(28)33(37,38)50(44,45)46)19-31(29(39)47-20-23-7-3-1-4-8-23,30(40)48-21-24-9-5-2-6-10-24)18-22-11-14-26(15-12-22)32(35,36)49(41,42)43/h1-17H,18-21H2,(H2,41,42,43)(H2,44,45,46). The minimum atomic E-state index is -5.97. The van der Waals surface area contributed by atoms with Gasteiger partial charge in [-0.25, -0.2) is 0 Å². The van der Waals surface area contributed by atoms with Crippen molar-refractivity contribution in [1.82, 2.24) is 0 Å². The van der Waals surface area contributed by atoms with E-state index < -0.39 is 72.3 Å². The van der Waals surface area contributed by atoms with E-state index in [9.17, 15) is 46.1 Å². The molecular formula is C33H29BrF4O10P2. The molecule has 0 aliphatic heterocycles. The first kappa shape index (κ1) is 39.1. The Morgan fingerprint density at radius 1 is 0.600 bits per heavy atom. The quantitative estimate of drug-likeness (QED) is 0.0445. The van der Waals surface area contributed by atoms with Crippen molar-refractivity contribution in [1.29, 1.82) is 0 Å². The lowest BCUT2D eigenvalue weighted by Gasteiger charge is -2.30. The van der Waals surface area contributed by atoms with E-state index >= 15 is 0 Å². The van der Waals surface area contributed by atoms with Crippen molar-refractivity contribution in [2.75, 3.05) is 0 Å². The maximum absolute atomic E-state index is 14.6. The summed E-state index contributed by atoms with van der Waals surface area (Å²) in [5.41, 5.74) is -12.4. The molecule has 266 valence electrons. The fourth-order valence-electron chi connectivity index (χ4n) is 4.91. The summed E-state index contributed by atoms with van der Waals surface area (Å²) in [5, 5.41) is 0. The Hall–Kier alpha value is -3.68. The van der Waals surface area contributed by atoms with E-state index in [0.717, 1.165) is 36.4 Å². The average molecular weight is 803 g/mol. The van der Waals surface area contributed by atoms with Crippen molar-refractivity contribution >= 4 is 43.1 Å². The SMILES string of the molecule is O=C(OCc1ccccc1)C(Cc1ccc(C(F)(F)P(=O)(O)O)cc1)(Cc1ccc(C(F)(F)P(=O)(O)O)c(Br)c1)C(=O)OCc1ccccc1. The Labute approximate surface area is 291 Å². The summed E-state index contributed by atoms with van der Waals surface area (Å²) >= 11 is 2.90. The van der Waals surface area contributed by atoms with Crippen LogP contribution in [0, 0.1) is 5.41 Å². The van der Waals surface area contributed by atoms with E-state index in [2.05, 4.69) is 15.9 Å². The van der Waals surface area contributed by atoms with Crippen molar-refractivity contribution in [3.8, 4) is 0 Å². The molecule has 0 unspecified atom stereocenters. The molecule has 0 fully saturated rings. The zero-order chi connectivity index (χ0) is 37.0. The summed E-state index contributed by atoms with van der Waals surface area (Å²) < 4.78 is 91.7. The van der Waals surface area contributed by atoms with Gasteiger partial charge in [0.05, 0.1) is 0 Å². The first-order valence-corrected chi connectivity index (χ1v) is 18.5. The Bertz CT molecular complexity index is 1860. The van der Waals surface area contributed by atoms with Crippen molar-refractivity contribution in [2.45, 2.75) is 37.4 Å². The van der Waals surface area contributed by atoms with Gasteiger partial charge in [-0.3, -0.25) is 18.7 Å². The predicted octanol–water partition coefficient (Wildman–Crippen LogP) is 7.16. The summed E-state index contributed by atoms with van der Waals surface area (Å²) in [6.07, 6.45) is -1.19. The van der Waals surface area contributed by atoms with Crippen LogP contribution >= 0.6 is 31.1 Å². The van der Waals surface area contributed by atoms with Crippen LogP contribution in [-0.4, -0.2) is 31.5 Å². The highest BCUT2D eigenvalue weighted by atomic mass is 79.9. The molecule has 0 aromatic heterocycles. The molecule has 0 heterocycles. The van der Waals surface area contributed by atoms with Gasteiger partial charge in [-0.1, -0.05) is 113 Å². The molecule has 4 N–H and O–H groups in total. The fraction of sp³-hybridized carbons (Fsp3) is 0.212. The molecule has 0 saturated carbocycles. The molecule has 4 aromatic carbocycles. The van der Waals surface area contributed by atoms with Crippen LogP contribution in [-0.2, 0) is 65.6 Å². The summed E-state index contributed by atoms with van der Waals surface area (Å²) in [5.74, 6) is -2.30. The molecule has 0 radical (unpaired) electrons. The zero-order valence-electron chi connectivity index (χ0n) is 25.7. The number of esters is 2. The number of rotatable bonds is 14. The zero-order valence-corrected chi connectivity index (χ0v) is 29.0. The van der Waals surface area contributed by atoms with Crippen LogP contribution < -0.4 is 0 Å². The van der Waals surface area contributed by atoms with Gasteiger partial charge in [-0.15, -0.1) is 0 Å². The lowest BCUT2D eigenvalue weighted by atomic mass is 9.76. The molecule has 0 aliphatic rings. The van der Waals surface area contributed by atoms with Crippen molar-refractivity contribution in [3.05, 3.63) is 141 Å². The van der Waals surface area contributed by atoms with Gasteiger partial charge in [0.1, 0.15) is 13.2 Å². The van der Waals surface area contributed by atoms with Crippen LogP contribution in [0.2, 0.25) is 0 Å². The number of hydrogen-bond acceptors (Lipinski definition) is 6. The maximum atomic E-state index is 14.6. The van der Waals surface area contributed by atoms with E-state index in [4.69, 9.17) is 19.3 Å². The molecule has 17 heteroatoms. The maximum Gasteiger partial charge on any atom is 0.399 e. The largest absolute Gasteiger partial charge is 0.460 e. The molecule has 10 nitrogen and oxygen atoms in total. The van der Waals surface area contributed by atoms with E-state index in [1.165, 1.54) is 0 Å². The Kier molecular flexibility index (Phi) is 12.0. The monoisotopic (exact) mass is 802 g/mol. The van der Waals surface area contributed by atoms with Crippen LogP contribution in [0.1, 0.15) is 33.4 Å². The van der Waals surface area contributed by atoms with Crippen molar-refractivity contribution in [3.63, 3.8) is 0 Å². The average Bonchev–Trinajstić information content (AvgIpc) is 3.05. The van der Waals surface area contributed by atoms with Crippen LogP contribution in [0.3, 0.4) is 0 Å². The minimum Gasteiger partial charge on any atom is -0.460 e. The first-order chi connectivity index (χ1) is 23.3. The van der Waals surface area contributed by atoms with Gasteiger partial charge in [0.15, 0.2) is 5.41 Å². The topological polar surface area (TPSA) is 168 Å². The minimum absolute atomic E-state index is 0.0279. The molecule has 0 atom stereocenters. The first-order valence-electron chi connectivity index (χ1n) is 14.5. The second kappa shape index (κ2) is 15.3. The second-order valence-corrected chi connectivity index (χ2v) is 15.4. The highest BCUT2D eigenvalue weighted by molar-refractivity contribution is 9.10. The van der Waals surface area contributed by atoms with Crippen molar-refractivity contribution in [2.24, 2.45) is 5.41 Å². The van der Waals surface area contributed by atoms with Crippen LogP contribution in [0.5, 0.6) is 0 Å². The number of benzene rings is 4. The van der Waals surface area contributed by atoms with Gasteiger partial charge in [0.2, 0.25) is 0 Å². The summed E-state index contributed by atoms with van der Waals surface area (Å²) in [4.78, 5) is 65.0. The van der Waals surface area contributed by atoms with Gasteiger partial charge in [-0.05, 0) is 41.2 Å². The van der Waals surface area contributed by atoms with Gasteiger partial charge < -0.3 is 29.0 Å². The normalized spacial score (nSPS) is 12.7. The lowest BCUT2D eigenvalue weighted by molar-refractivity contribution is -0.174. The number of alkyl halides is 4. The predicted molar refractivity (Wildman–Crippen MR) is 175 cm³/mol. The van der Waals surface area contributed by atoms with Crippen LogP contribution in [0.4, 0.5) is 17.6 Å². The number of carbonyl (C=O) groups excluding carboxylic acids is 2. The fourth-order valence-corrected chi connectivity index (χ4v) is 6.74. The molecule has 4 rings (SSSR count). The molecule has 4 aromatic rings. The van der Waals surface area contributed by atoms with Gasteiger partial charge in [0.25, 0.3) is 0 Å². The Morgan fingerprint density at radius 3 is 1.44 bits per heavy atom. The summed E-state index contributed by atoms with van der Waals surface area (Å²) in [7, 11) is -11.9. The van der Waals surface area contributed by atoms with E-state index in [1.54, 1.807) is 60.7 Å². The molecule has 0 saturated heterocycles. The molecule has 0 amide bonds. The molecular weight excluding hydrogens is 774 g/mol. The van der Waals surface area contributed by atoms with E-state index in [1.807, 2.05) is 0 Å². The van der Waals surface area contributed by atoms with Gasteiger partial charge in [-0.2, -0.15) is 17.6 Å². The Balaban J connectivity index is 1.82. The van der Waals surface area contributed by atoms with E-state index in [-0.39, 0.29) is 24.3 Å². The number of hydrogen-bond donors (Lipinski definition) is 4. The highest BCUT2D eigenvalue weighted by Crippen LogP contribution is 2.61. The molecule has 0 aliphatic carbocycles. The third-order valence-corrected chi connectivity index (χ3v) is 10.2. The van der Waals surface area contributed by atoms with Crippen LogP contribution in [0.15, 0.2) is 108 Å². The Morgan fingerprint density at radius 2 is 1.02 bits per heavy atom. The third kappa shape index (κ3) is 8.78. The van der Waals surface area contributed by atoms with E-state index in [0.29, 0.717) is 17.2 Å².